The monoisotopic (exact) mass is 719 g/mol. The van der Waals surface area contributed by atoms with Crippen molar-refractivity contribution < 1.29 is 51.0 Å². The second-order valence-corrected chi connectivity index (χ2v) is 12.1. The molecule has 3 heteroatoms. The average molecular weight is 722 g/mol. The number of hydrogen-bond acceptors (Lipinski definition) is 0. The van der Waals surface area contributed by atoms with Gasteiger partial charge < -0.3 is 24.8 Å². The molecule has 0 heterocycles. The van der Waals surface area contributed by atoms with Crippen LogP contribution in [0.15, 0.2) is 152 Å². The minimum Gasteiger partial charge on any atom is -1.00 e. The van der Waals surface area contributed by atoms with E-state index in [9.17, 15) is 0 Å². The zero-order valence-electron chi connectivity index (χ0n) is 26.0. The Hall–Kier alpha value is -3.87. The largest absolute Gasteiger partial charge is 3.00 e. The maximum Gasteiger partial charge on any atom is 3.00 e. The van der Waals surface area contributed by atoms with E-state index < -0.39 is 0 Å². The van der Waals surface area contributed by atoms with Gasteiger partial charge in [-0.2, -0.15) is 0 Å². The molecule has 225 valence electrons. The summed E-state index contributed by atoms with van der Waals surface area (Å²) in [5.41, 5.74) is 5.92. The Bertz CT molecular complexity index is 2390. The van der Waals surface area contributed by atoms with Crippen LogP contribution < -0.4 is 24.8 Å². The van der Waals surface area contributed by atoms with Crippen LogP contribution in [0.4, 0.5) is 0 Å². The fraction of sp³-hybridized carbons (Fsp3) is 0.0682. The first-order valence-corrected chi connectivity index (χ1v) is 15.7. The third-order valence-corrected chi connectivity index (χ3v) is 9.82. The first kappa shape index (κ1) is 33.0. The van der Waals surface area contributed by atoms with Crippen molar-refractivity contribution in [3.63, 3.8) is 0 Å². The Labute approximate surface area is 306 Å². The van der Waals surface area contributed by atoms with E-state index >= 15 is 0 Å². The molecular formula is C44H31Cl2Zr. The van der Waals surface area contributed by atoms with Gasteiger partial charge in [0.2, 0.25) is 0 Å². The Morgan fingerprint density at radius 1 is 0.426 bits per heavy atom. The van der Waals surface area contributed by atoms with Gasteiger partial charge in [0.15, 0.2) is 0 Å². The van der Waals surface area contributed by atoms with Gasteiger partial charge in [-0.15, -0.1) is 39.7 Å². The van der Waals surface area contributed by atoms with Crippen molar-refractivity contribution in [1.82, 2.24) is 0 Å². The van der Waals surface area contributed by atoms with E-state index in [1.807, 2.05) is 0 Å². The van der Waals surface area contributed by atoms with Gasteiger partial charge in [0.25, 0.3) is 0 Å². The summed E-state index contributed by atoms with van der Waals surface area (Å²) >= 11 is 0. The Kier molecular flexibility index (Phi) is 9.37. The molecule has 0 saturated carbocycles. The number of halogens is 2. The van der Waals surface area contributed by atoms with Crippen LogP contribution in [0, 0.1) is 0 Å². The quantitative estimate of drug-likeness (QED) is 0.169. The molecule has 1 aliphatic carbocycles. The molecule has 0 aromatic heterocycles. The summed E-state index contributed by atoms with van der Waals surface area (Å²) < 4.78 is 0. The first-order valence-electron chi connectivity index (χ1n) is 15.7. The molecule has 10 rings (SSSR count). The normalized spacial score (nSPS) is 11.9. The number of fused-ring (bicyclic) bond motifs is 14. The van der Waals surface area contributed by atoms with Gasteiger partial charge in [0.05, 0.1) is 0 Å². The third-order valence-electron chi connectivity index (χ3n) is 9.82. The maximum absolute atomic E-state index is 2.35. The van der Waals surface area contributed by atoms with E-state index in [0.29, 0.717) is 5.92 Å². The van der Waals surface area contributed by atoms with Crippen LogP contribution in [0.3, 0.4) is 0 Å². The van der Waals surface area contributed by atoms with Gasteiger partial charge in [0, 0.05) is 5.92 Å². The van der Waals surface area contributed by atoms with Gasteiger partial charge >= 0.3 is 26.2 Å². The summed E-state index contributed by atoms with van der Waals surface area (Å²) in [5, 5.41) is 16.2. The smallest absolute Gasteiger partial charge is 1.00 e. The molecule has 47 heavy (non-hydrogen) atoms. The van der Waals surface area contributed by atoms with Crippen molar-refractivity contribution in [3.8, 4) is 11.1 Å². The molecule has 9 aromatic rings. The maximum atomic E-state index is 2.35. The first-order chi connectivity index (χ1) is 21.8. The zero-order valence-corrected chi connectivity index (χ0v) is 29.9. The molecule has 9 aromatic carbocycles. The summed E-state index contributed by atoms with van der Waals surface area (Å²) in [5.74, 6) is 0.522. The summed E-state index contributed by atoms with van der Waals surface area (Å²) in [6.45, 7) is 2.30. The second-order valence-electron chi connectivity index (χ2n) is 12.1. The zero-order chi connectivity index (χ0) is 29.2. The number of rotatable bonds is 1. The van der Waals surface area contributed by atoms with Gasteiger partial charge in [-0.25, -0.2) is 0 Å². The van der Waals surface area contributed by atoms with Crippen molar-refractivity contribution in [3.05, 3.63) is 163 Å². The summed E-state index contributed by atoms with van der Waals surface area (Å²) in [7, 11) is 0. The van der Waals surface area contributed by atoms with Crippen LogP contribution in [-0.2, 0) is 26.2 Å². The molecule has 0 saturated heterocycles. The summed E-state index contributed by atoms with van der Waals surface area (Å²) in [6.07, 6.45) is 1.15. The van der Waals surface area contributed by atoms with Crippen LogP contribution in [0.1, 0.15) is 30.4 Å². The van der Waals surface area contributed by atoms with Crippen molar-refractivity contribution in [2.75, 3.05) is 0 Å². The molecule has 0 bridgehead atoms. The van der Waals surface area contributed by atoms with E-state index in [0.717, 1.165) is 6.42 Å². The van der Waals surface area contributed by atoms with Crippen molar-refractivity contribution >= 4 is 64.6 Å². The molecule has 0 aliphatic heterocycles. The van der Waals surface area contributed by atoms with Crippen LogP contribution in [0.25, 0.3) is 75.8 Å². The standard InChI is InChI=1S/C23H18.C21H13.2ClH.Zr/c1-2-17-20-13-11-15-7-3-5-9-18(15)22(20)23-19-10-6-4-8-16(19)12-14-21(17)23;1-3-7-18-14(5-1)9-11-16-13-17-12-10-15-6-2-4-8-19(15)21(17)20(16)18;;;/h3-14,17H,2H2,1H3;1-13H;2*1H;/q;-1;;;+3/p-2. The topological polar surface area (TPSA) is 0 Å². The molecule has 0 atom stereocenters. The Morgan fingerprint density at radius 3 is 1.17 bits per heavy atom. The molecule has 0 unspecified atom stereocenters. The SMILES string of the molecule is CCC1c2ccc3ccccc3c2-c2c1ccc1ccccc21.[Cl-].[Cl-].[Zr+3].c1ccc2c(c1)ccc1[cH-]c3ccc4ccccc4c3c12. The molecule has 0 amide bonds. The van der Waals surface area contributed by atoms with E-state index in [2.05, 4.69) is 159 Å². The fourth-order valence-electron chi connectivity index (χ4n) is 7.87. The van der Waals surface area contributed by atoms with Crippen molar-refractivity contribution in [2.45, 2.75) is 19.3 Å². The van der Waals surface area contributed by atoms with E-state index in [4.69, 9.17) is 0 Å². The molecule has 1 aliphatic rings. The predicted octanol–water partition coefficient (Wildman–Crippen LogP) is 6.54. The molecule has 0 fully saturated rings. The van der Waals surface area contributed by atoms with Crippen LogP contribution in [0.5, 0.6) is 0 Å². The average Bonchev–Trinajstić information content (AvgIpc) is 3.65. The van der Waals surface area contributed by atoms with Crippen LogP contribution in [0.2, 0.25) is 0 Å². The van der Waals surface area contributed by atoms with Gasteiger partial charge in [-0.1, -0.05) is 151 Å². The van der Waals surface area contributed by atoms with E-state index in [-0.39, 0.29) is 51.0 Å². The molecular weight excluding hydrogens is 691 g/mol. The summed E-state index contributed by atoms with van der Waals surface area (Å²) in [4.78, 5) is 0. The number of benzene rings is 8. The molecule has 0 nitrogen and oxygen atoms in total. The van der Waals surface area contributed by atoms with Crippen LogP contribution >= 0.6 is 0 Å². The van der Waals surface area contributed by atoms with Crippen molar-refractivity contribution in [2.24, 2.45) is 0 Å². The Morgan fingerprint density at radius 2 is 0.766 bits per heavy atom. The third kappa shape index (κ3) is 5.21. The molecule has 0 N–H and O–H groups in total. The van der Waals surface area contributed by atoms with Crippen molar-refractivity contribution in [1.29, 1.82) is 0 Å². The predicted molar refractivity (Wildman–Crippen MR) is 191 cm³/mol. The number of hydrogen-bond donors (Lipinski definition) is 0. The summed E-state index contributed by atoms with van der Waals surface area (Å²) in [6, 6.07) is 55.4. The second kappa shape index (κ2) is 13.3. The minimum atomic E-state index is 0. The fourth-order valence-corrected chi connectivity index (χ4v) is 7.87. The van der Waals surface area contributed by atoms with Gasteiger partial charge in [0.1, 0.15) is 0 Å². The Balaban J connectivity index is 0.000000155. The minimum absolute atomic E-state index is 0. The molecule has 0 spiro atoms. The molecule has 1 radical (unpaired) electrons. The van der Waals surface area contributed by atoms with Crippen LogP contribution in [-0.4, -0.2) is 0 Å². The van der Waals surface area contributed by atoms with Gasteiger partial charge in [-0.05, 0) is 61.0 Å². The van der Waals surface area contributed by atoms with E-state index in [1.54, 1.807) is 0 Å². The van der Waals surface area contributed by atoms with E-state index in [1.165, 1.54) is 86.9 Å². The van der Waals surface area contributed by atoms with Gasteiger partial charge in [-0.3, -0.25) is 0 Å².